The maximum absolute atomic E-state index is 14.7. The van der Waals surface area contributed by atoms with E-state index in [0.717, 1.165) is 6.07 Å². The number of nitrogens with zero attached hydrogens (tertiary/aromatic N) is 1. The molecular weight excluding hydrogens is 503 g/mol. The van der Waals surface area contributed by atoms with Crippen molar-refractivity contribution in [3.05, 3.63) is 63.4 Å². The minimum Gasteiger partial charge on any atom is -0.432 e. The van der Waals surface area contributed by atoms with Gasteiger partial charge in [0.15, 0.2) is 8.32 Å². The summed E-state index contributed by atoms with van der Waals surface area (Å²) in [4.78, 5) is 35.7. The van der Waals surface area contributed by atoms with Crippen molar-refractivity contribution in [1.29, 1.82) is 5.26 Å². The Morgan fingerprint density at radius 3 is 2.39 bits per heavy atom. The summed E-state index contributed by atoms with van der Waals surface area (Å²) in [7, 11) is -2.55. The molecule has 0 spiro atoms. The second-order valence-electron chi connectivity index (χ2n) is 9.94. The number of aliphatic hydroxyl groups is 1. The number of aliphatic hydroxyl groups excluding tert-OH is 1. The summed E-state index contributed by atoms with van der Waals surface area (Å²) in [5.41, 5.74) is 6.05. The van der Waals surface area contributed by atoms with E-state index < -0.39 is 43.1 Å². The third-order valence-corrected chi connectivity index (χ3v) is 10.5. The molecule has 194 valence electrons. The Morgan fingerprint density at radius 2 is 1.86 bits per heavy atom. The zero-order valence-electron chi connectivity index (χ0n) is 21.2. The molecule has 0 saturated carbocycles. The fourth-order valence-corrected chi connectivity index (χ4v) is 4.12. The van der Waals surface area contributed by atoms with Gasteiger partial charge in [-0.2, -0.15) is 5.26 Å². The van der Waals surface area contributed by atoms with Crippen LogP contribution in [-0.2, 0) is 11.2 Å². The van der Waals surface area contributed by atoms with Crippen LogP contribution in [0.5, 0.6) is 0 Å². The minimum absolute atomic E-state index is 0.00821. The molecule has 2 amide bonds. The highest BCUT2D eigenvalue weighted by Crippen LogP contribution is 2.39. The third kappa shape index (κ3) is 6.82. The zero-order chi connectivity index (χ0) is 27.4. The van der Waals surface area contributed by atoms with Crippen molar-refractivity contribution in [3.8, 4) is 6.07 Å². The first-order valence-electron chi connectivity index (χ1n) is 11.3. The number of halogens is 2. The number of amides is 2. The van der Waals surface area contributed by atoms with Crippen molar-refractivity contribution in [1.82, 2.24) is 10.9 Å². The maximum Gasteiger partial charge on any atom is 0.269 e. The van der Waals surface area contributed by atoms with Crippen LogP contribution in [0, 0.1) is 24.1 Å². The van der Waals surface area contributed by atoms with Gasteiger partial charge in [0.05, 0.1) is 16.7 Å². The van der Waals surface area contributed by atoms with Crippen LogP contribution >= 0.6 is 11.6 Å². The normalized spacial score (nSPS) is 13.4. The second kappa shape index (κ2) is 11.4. The van der Waals surface area contributed by atoms with E-state index in [1.165, 1.54) is 25.1 Å². The number of carbonyl (C=O) groups excluding carboxylic acids is 2. The molecule has 2 atom stereocenters. The van der Waals surface area contributed by atoms with Crippen LogP contribution in [0.4, 0.5) is 10.1 Å². The number of nitriles is 1. The lowest BCUT2D eigenvalue weighted by atomic mass is 10.00. The molecule has 8 nitrogen and oxygen atoms in total. The topological polar surface area (TPSA) is 134 Å². The third-order valence-electron chi connectivity index (χ3n) is 6.49. The van der Waals surface area contributed by atoms with Crippen molar-refractivity contribution >= 4 is 37.4 Å². The largest absolute Gasteiger partial charge is 0.432 e. The lowest BCUT2D eigenvalue weighted by Gasteiger charge is -2.35. The van der Waals surface area contributed by atoms with E-state index in [4.69, 9.17) is 16.9 Å². The molecule has 0 aliphatic heterocycles. The standard InChI is InChI=1S/C25H32ClFN4O4Si/c1-14-20(10-9-18(13-28)21(14)26)29-22(15(2)32)24(34)31-30-23(33)16-7-8-17(19(27)11-16)12-25(3,4)36(5,6)35/h7-11,15,22,29,32,35H,12H2,1-6H3,(H,30,33)(H,31,34)/t15-,22+/m0/s1. The molecule has 0 heterocycles. The molecule has 0 bridgehead atoms. The Morgan fingerprint density at radius 1 is 1.22 bits per heavy atom. The van der Waals surface area contributed by atoms with E-state index in [2.05, 4.69) is 16.2 Å². The molecular formula is C25H32ClFN4O4Si. The van der Waals surface area contributed by atoms with E-state index in [-0.39, 0.29) is 16.1 Å². The van der Waals surface area contributed by atoms with Gasteiger partial charge in [-0.05, 0) is 73.8 Å². The molecule has 2 aromatic rings. The highest BCUT2D eigenvalue weighted by Gasteiger charge is 2.38. The maximum atomic E-state index is 14.7. The fraction of sp³-hybridized carbons (Fsp3) is 0.400. The lowest BCUT2D eigenvalue weighted by molar-refractivity contribution is -0.124. The molecule has 11 heteroatoms. The molecule has 0 aliphatic rings. The first kappa shape index (κ1) is 29.3. The highest BCUT2D eigenvalue weighted by atomic mass is 35.5. The number of rotatable bonds is 8. The van der Waals surface area contributed by atoms with E-state index in [1.807, 2.05) is 19.9 Å². The van der Waals surface area contributed by atoms with Crippen molar-refractivity contribution in [2.24, 2.45) is 0 Å². The summed E-state index contributed by atoms with van der Waals surface area (Å²) in [5.74, 6) is -2.07. The number of carbonyl (C=O) groups is 2. The van der Waals surface area contributed by atoms with E-state index in [1.54, 1.807) is 26.1 Å². The smallest absolute Gasteiger partial charge is 0.269 e. The monoisotopic (exact) mass is 534 g/mol. The van der Waals surface area contributed by atoms with Gasteiger partial charge in [-0.3, -0.25) is 20.4 Å². The van der Waals surface area contributed by atoms with Gasteiger partial charge in [-0.1, -0.05) is 31.5 Å². The van der Waals surface area contributed by atoms with Crippen molar-refractivity contribution in [3.63, 3.8) is 0 Å². The minimum atomic E-state index is -2.55. The number of hydrogen-bond donors (Lipinski definition) is 5. The fourth-order valence-electron chi connectivity index (χ4n) is 3.29. The number of hydrazine groups is 1. The van der Waals surface area contributed by atoms with Crippen LogP contribution in [0.2, 0.25) is 23.2 Å². The van der Waals surface area contributed by atoms with Crippen LogP contribution < -0.4 is 16.2 Å². The van der Waals surface area contributed by atoms with Gasteiger partial charge in [0.1, 0.15) is 17.9 Å². The van der Waals surface area contributed by atoms with Crippen LogP contribution in [0.3, 0.4) is 0 Å². The van der Waals surface area contributed by atoms with Crippen LogP contribution in [0.1, 0.15) is 47.8 Å². The Balaban J connectivity index is 2.10. The summed E-state index contributed by atoms with van der Waals surface area (Å²) in [6, 6.07) is 7.85. The molecule has 0 aliphatic carbocycles. The predicted molar refractivity (Wildman–Crippen MR) is 139 cm³/mol. The molecule has 0 unspecified atom stereocenters. The summed E-state index contributed by atoms with van der Waals surface area (Å²) < 4.78 is 14.7. The molecule has 0 fully saturated rings. The predicted octanol–water partition coefficient (Wildman–Crippen LogP) is 3.80. The zero-order valence-corrected chi connectivity index (χ0v) is 22.9. The first-order valence-corrected chi connectivity index (χ1v) is 14.7. The molecule has 2 rings (SSSR count). The number of anilines is 1. The number of hydrogen-bond acceptors (Lipinski definition) is 6. The number of nitrogens with one attached hydrogen (secondary N) is 3. The Kier molecular flexibility index (Phi) is 9.26. The second-order valence-corrected chi connectivity index (χ2v) is 14.8. The summed E-state index contributed by atoms with van der Waals surface area (Å²) >= 11 is 6.17. The molecule has 2 aromatic carbocycles. The van der Waals surface area contributed by atoms with Gasteiger partial charge in [0, 0.05) is 11.3 Å². The lowest BCUT2D eigenvalue weighted by Crippen LogP contribution is -2.52. The SMILES string of the molecule is Cc1c(N[C@@H](C(=O)NNC(=O)c2ccc(CC(C)(C)[Si](C)(C)O)c(F)c2)[C@H](C)O)ccc(C#N)c1Cl. The van der Waals surface area contributed by atoms with Gasteiger partial charge in [0.2, 0.25) is 0 Å². The summed E-state index contributed by atoms with van der Waals surface area (Å²) in [5, 5.41) is 21.8. The average Bonchev–Trinajstić information content (AvgIpc) is 2.78. The molecule has 5 N–H and O–H groups in total. The quantitative estimate of drug-likeness (QED) is 0.258. The van der Waals surface area contributed by atoms with Gasteiger partial charge >= 0.3 is 0 Å². The van der Waals surface area contributed by atoms with Gasteiger partial charge in [0.25, 0.3) is 11.8 Å². The molecule has 0 aromatic heterocycles. The van der Waals surface area contributed by atoms with Crippen LogP contribution in [-0.4, -0.2) is 42.2 Å². The average molecular weight is 535 g/mol. The summed E-state index contributed by atoms with van der Waals surface area (Å²) in [6.45, 7) is 10.4. The molecule has 0 radical (unpaired) electrons. The first-order chi connectivity index (χ1) is 16.6. The Labute approximate surface area is 216 Å². The van der Waals surface area contributed by atoms with Crippen molar-refractivity contribution in [2.75, 3.05) is 5.32 Å². The number of benzene rings is 2. The van der Waals surface area contributed by atoms with E-state index >= 15 is 0 Å². The van der Waals surface area contributed by atoms with Crippen molar-refractivity contribution in [2.45, 2.75) is 64.4 Å². The van der Waals surface area contributed by atoms with E-state index in [0.29, 0.717) is 23.2 Å². The Bertz CT molecular complexity index is 1190. The van der Waals surface area contributed by atoms with E-state index in [9.17, 15) is 23.9 Å². The molecule has 36 heavy (non-hydrogen) atoms. The van der Waals surface area contributed by atoms with Crippen molar-refractivity contribution < 1.29 is 23.9 Å². The summed E-state index contributed by atoms with van der Waals surface area (Å²) in [6.07, 6.45) is -0.844. The van der Waals surface area contributed by atoms with Gasteiger partial charge in [-0.25, -0.2) is 4.39 Å². The highest BCUT2D eigenvalue weighted by molar-refractivity contribution is 6.72. The Hall–Kier alpha value is -2.97. The van der Waals surface area contributed by atoms with Crippen LogP contribution in [0.15, 0.2) is 30.3 Å². The van der Waals surface area contributed by atoms with Crippen LogP contribution in [0.25, 0.3) is 0 Å². The van der Waals surface area contributed by atoms with Gasteiger partial charge < -0.3 is 15.2 Å². The molecule has 0 saturated heterocycles. The van der Waals surface area contributed by atoms with Gasteiger partial charge in [-0.15, -0.1) is 0 Å².